The summed E-state index contributed by atoms with van der Waals surface area (Å²) in [5, 5.41) is 3.95. The highest BCUT2D eigenvalue weighted by atomic mass is 35.5. The van der Waals surface area contributed by atoms with Crippen LogP contribution in [0, 0.1) is 0 Å². The van der Waals surface area contributed by atoms with Gasteiger partial charge in [-0.05, 0) is 30.8 Å². The Hall–Kier alpha value is -2.24. The SMILES string of the molecule is CCNCCN(C)C1=Nc2ccc(Cl)cc2Oc2cc(OC)ccc21. The molecule has 0 aliphatic carbocycles. The number of rotatable bonds is 5. The maximum Gasteiger partial charge on any atom is 0.154 e. The highest BCUT2D eigenvalue weighted by molar-refractivity contribution is 6.30. The first-order chi connectivity index (χ1) is 12.1. The smallest absolute Gasteiger partial charge is 0.154 e. The predicted octanol–water partition coefficient (Wildman–Crippen LogP) is 4.07. The Morgan fingerprint density at radius 2 is 2.04 bits per heavy atom. The average molecular weight is 360 g/mol. The second-order valence-corrected chi connectivity index (χ2v) is 6.22. The van der Waals surface area contributed by atoms with Gasteiger partial charge in [0.05, 0.1) is 12.7 Å². The Kier molecular flexibility index (Phi) is 5.46. The second kappa shape index (κ2) is 7.76. The summed E-state index contributed by atoms with van der Waals surface area (Å²) in [6.45, 7) is 4.75. The molecule has 5 nitrogen and oxygen atoms in total. The van der Waals surface area contributed by atoms with Gasteiger partial charge in [-0.3, -0.25) is 0 Å². The lowest BCUT2D eigenvalue weighted by Gasteiger charge is -2.22. The number of amidine groups is 1. The Bertz CT molecular complexity index is 792. The molecule has 132 valence electrons. The summed E-state index contributed by atoms with van der Waals surface area (Å²) in [6, 6.07) is 11.2. The lowest BCUT2D eigenvalue weighted by atomic mass is 10.1. The van der Waals surface area contributed by atoms with E-state index in [1.54, 1.807) is 13.2 Å². The monoisotopic (exact) mass is 359 g/mol. The minimum absolute atomic E-state index is 0.613. The fraction of sp³-hybridized carbons (Fsp3) is 0.316. The van der Waals surface area contributed by atoms with Gasteiger partial charge in [0.15, 0.2) is 5.75 Å². The van der Waals surface area contributed by atoms with Crippen molar-refractivity contribution in [1.29, 1.82) is 0 Å². The molecular formula is C19H22ClN3O2. The number of halogens is 1. The minimum atomic E-state index is 0.613. The third kappa shape index (κ3) is 3.89. The number of likely N-dealkylation sites (N-methyl/N-ethyl adjacent to an activating group) is 2. The van der Waals surface area contributed by atoms with Gasteiger partial charge in [0.25, 0.3) is 0 Å². The van der Waals surface area contributed by atoms with Gasteiger partial charge in [-0.1, -0.05) is 18.5 Å². The molecule has 0 amide bonds. The molecule has 0 radical (unpaired) electrons. The molecule has 0 unspecified atom stereocenters. The first-order valence-electron chi connectivity index (χ1n) is 8.28. The zero-order valence-corrected chi connectivity index (χ0v) is 15.4. The molecule has 2 aromatic carbocycles. The van der Waals surface area contributed by atoms with Crippen molar-refractivity contribution in [1.82, 2.24) is 10.2 Å². The van der Waals surface area contributed by atoms with Crippen LogP contribution in [-0.2, 0) is 0 Å². The summed E-state index contributed by atoms with van der Waals surface area (Å²) in [5.41, 5.74) is 1.68. The fourth-order valence-electron chi connectivity index (χ4n) is 2.67. The maximum absolute atomic E-state index is 6.13. The van der Waals surface area contributed by atoms with E-state index in [0.717, 1.165) is 42.5 Å². The van der Waals surface area contributed by atoms with E-state index in [1.165, 1.54) is 0 Å². The van der Waals surface area contributed by atoms with Crippen molar-refractivity contribution in [2.45, 2.75) is 6.92 Å². The molecule has 0 saturated heterocycles. The molecule has 0 saturated carbocycles. The lowest BCUT2D eigenvalue weighted by molar-refractivity contribution is 0.409. The first kappa shape index (κ1) is 17.6. The van der Waals surface area contributed by atoms with Crippen LogP contribution < -0.4 is 14.8 Å². The van der Waals surface area contributed by atoms with Gasteiger partial charge in [0.2, 0.25) is 0 Å². The number of methoxy groups -OCH3 is 1. The second-order valence-electron chi connectivity index (χ2n) is 5.79. The van der Waals surface area contributed by atoms with Crippen LogP contribution >= 0.6 is 11.6 Å². The Morgan fingerprint density at radius 3 is 2.80 bits per heavy atom. The largest absolute Gasteiger partial charge is 0.497 e. The number of nitrogens with one attached hydrogen (secondary N) is 1. The summed E-state index contributed by atoms with van der Waals surface area (Å²) in [4.78, 5) is 6.97. The topological polar surface area (TPSA) is 46.1 Å². The Morgan fingerprint density at radius 1 is 1.20 bits per heavy atom. The van der Waals surface area contributed by atoms with Gasteiger partial charge in [-0.15, -0.1) is 0 Å². The van der Waals surface area contributed by atoms with Crippen LogP contribution in [0.1, 0.15) is 12.5 Å². The molecule has 0 fully saturated rings. The molecule has 2 aromatic rings. The average Bonchev–Trinajstić information content (AvgIpc) is 2.77. The summed E-state index contributed by atoms with van der Waals surface area (Å²) in [7, 11) is 3.67. The number of nitrogens with zero attached hydrogens (tertiary/aromatic N) is 2. The number of hydrogen-bond acceptors (Lipinski definition) is 5. The van der Waals surface area contributed by atoms with Gasteiger partial charge in [0.1, 0.15) is 23.0 Å². The van der Waals surface area contributed by atoms with Crippen LogP contribution in [0.25, 0.3) is 0 Å². The van der Waals surface area contributed by atoms with Gasteiger partial charge >= 0.3 is 0 Å². The highest BCUT2D eigenvalue weighted by Gasteiger charge is 2.21. The van der Waals surface area contributed by atoms with Crippen molar-refractivity contribution in [3.05, 3.63) is 47.0 Å². The van der Waals surface area contributed by atoms with Gasteiger partial charge in [-0.2, -0.15) is 0 Å². The van der Waals surface area contributed by atoms with E-state index in [1.807, 2.05) is 37.4 Å². The fourth-order valence-corrected chi connectivity index (χ4v) is 2.84. The van der Waals surface area contributed by atoms with E-state index < -0.39 is 0 Å². The summed E-state index contributed by atoms with van der Waals surface area (Å²) in [6.07, 6.45) is 0. The molecule has 1 aliphatic rings. The summed E-state index contributed by atoms with van der Waals surface area (Å²) in [5.74, 6) is 2.93. The van der Waals surface area contributed by atoms with Gasteiger partial charge < -0.3 is 19.7 Å². The molecule has 1 heterocycles. The van der Waals surface area contributed by atoms with Crippen molar-refractivity contribution in [3.8, 4) is 17.2 Å². The molecule has 0 spiro atoms. The van der Waals surface area contributed by atoms with Crippen molar-refractivity contribution in [2.24, 2.45) is 4.99 Å². The van der Waals surface area contributed by atoms with Crippen LogP contribution in [0.15, 0.2) is 41.4 Å². The Labute approximate surface area is 153 Å². The van der Waals surface area contributed by atoms with Crippen LogP contribution in [-0.4, -0.2) is 44.5 Å². The minimum Gasteiger partial charge on any atom is -0.497 e. The standard InChI is InChI=1S/C19H22ClN3O2/c1-4-21-9-10-23(2)19-15-7-6-14(24-3)12-17(15)25-18-11-13(20)5-8-16(18)22-19/h5-8,11-12,21H,4,9-10H2,1-3H3. The number of ether oxygens (including phenoxy) is 2. The first-order valence-corrected chi connectivity index (χ1v) is 8.66. The molecular weight excluding hydrogens is 338 g/mol. The molecule has 0 aromatic heterocycles. The van der Waals surface area contributed by atoms with Crippen LogP contribution in [0.3, 0.4) is 0 Å². The zero-order chi connectivity index (χ0) is 17.8. The van der Waals surface area contributed by atoms with E-state index >= 15 is 0 Å². The van der Waals surface area contributed by atoms with Gasteiger partial charge in [0, 0.05) is 37.3 Å². The van der Waals surface area contributed by atoms with E-state index in [2.05, 4.69) is 17.1 Å². The van der Waals surface area contributed by atoms with E-state index in [9.17, 15) is 0 Å². The number of aliphatic imine (C=N–C) groups is 1. The zero-order valence-electron chi connectivity index (χ0n) is 14.7. The third-order valence-corrected chi connectivity index (χ3v) is 4.27. The van der Waals surface area contributed by atoms with Crippen LogP contribution in [0.4, 0.5) is 5.69 Å². The van der Waals surface area contributed by atoms with Crippen molar-refractivity contribution in [3.63, 3.8) is 0 Å². The van der Waals surface area contributed by atoms with Crippen molar-refractivity contribution < 1.29 is 9.47 Å². The van der Waals surface area contributed by atoms with Crippen molar-refractivity contribution in [2.75, 3.05) is 33.8 Å². The van der Waals surface area contributed by atoms with E-state index in [0.29, 0.717) is 16.5 Å². The van der Waals surface area contributed by atoms with E-state index in [-0.39, 0.29) is 0 Å². The molecule has 3 rings (SSSR count). The summed E-state index contributed by atoms with van der Waals surface area (Å²) >= 11 is 6.13. The molecule has 1 aliphatic heterocycles. The van der Waals surface area contributed by atoms with Crippen LogP contribution in [0.5, 0.6) is 17.2 Å². The van der Waals surface area contributed by atoms with Crippen LogP contribution in [0.2, 0.25) is 5.02 Å². The lowest BCUT2D eigenvalue weighted by Crippen LogP contribution is -2.34. The number of hydrogen-bond donors (Lipinski definition) is 1. The molecule has 0 bridgehead atoms. The molecule has 25 heavy (non-hydrogen) atoms. The highest BCUT2D eigenvalue weighted by Crippen LogP contribution is 2.40. The van der Waals surface area contributed by atoms with Crippen molar-refractivity contribution >= 4 is 23.1 Å². The quantitative estimate of drug-likeness (QED) is 0.817. The molecule has 1 N–H and O–H groups in total. The molecule has 6 heteroatoms. The molecule has 0 atom stereocenters. The third-order valence-electron chi connectivity index (χ3n) is 4.03. The summed E-state index contributed by atoms with van der Waals surface area (Å²) < 4.78 is 11.4. The predicted molar refractivity (Wildman–Crippen MR) is 102 cm³/mol. The van der Waals surface area contributed by atoms with Gasteiger partial charge in [-0.25, -0.2) is 4.99 Å². The maximum atomic E-state index is 6.13. The normalized spacial score (nSPS) is 12.4. The number of fused-ring (bicyclic) bond motifs is 2. The Balaban J connectivity index is 2.05. The number of benzene rings is 2. The van der Waals surface area contributed by atoms with E-state index in [4.69, 9.17) is 26.1 Å².